The number of rotatable bonds is 3. The molecule has 0 heterocycles. The van der Waals surface area contributed by atoms with Crippen molar-refractivity contribution in [2.75, 3.05) is 0 Å². The summed E-state index contributed by atoms with van der Waals surface area (Å²) in [7, 11) is 0. The SMILES string of the molecule is CC/C=C\C(C)=C/C(C)F. The normalized spacial score (nSPS) is 16.2. The Kier molecular flexibility index (Phi) is 4.91. The van der Waals surface area contributed by atoms with Gasteiger partial charge in [-0.15, -0.1) is 0 Å². The highest BCUT2D eigenvalue weighted by Crippen LogP contribution is 2.00. The van der Waals surface area contributed by atoms with Crippen molar-refractivity contribution >= 4 is 0 Å². The van der Waals surface area contributed by atoms with Gasteiger partial charge in [-0.05, 0) is 26.3 Å². The van der Waals surface area contributed by atoms with E-state index in [1.807, 2.05) is 19.1 Å². The van der Waals surface area contributed by atoms with Crippen LogP contribution >= 0.6 is 0 Å². The first-order valence-electron chi connectivity index (χ1n) is 3.65. The Morgan fingerprint density at radius 2 is 2.20 bits per heavy atom. The second-order valence-electron chi connectivity index (χ2n) is 2.40. The van der Waals surface area contributed by atoms with E-state index in [1.165, 1.54) is 6.92 Å². The fourth-order valence-corrected chi connectivity index (χ4v) is 0.722. The largest absolute Gasteiger partial charge is 0.243 e. The summed E-state index contributed by atoms with van der Waals surface area (Å²) in [6.45, 7) is 5.49. The molecule has 0 N–H and O–H groups in total. The first-order valence-corrected chi connectivity index (χ1v) is 3.65. The standard InChI is InChI=1S/C9H15F/c1-4-5-6-8(2)7-9(3)10/h5-7,9H,4H2,1-3H3/b6-5-,8-7-. The maximum Gasteiger partial charge on any atom is 0.116 e. The molecule has 0 aromatic carbocycles. The molecule has 0 aromatic rings. The van der Waals surface area contributed by atoms with Gasteiger partial charge in [-0.3, -0.25) is 0 Å². The van der Waals surface area contributed by atoms with Crippen molar-refractivity contribution in [2.45, 2.75) is 33.4 Å². The third kappa shape index (κ3) is 5.54. The number of hydrogen-bond donors (Lipinski definition) is 0. The van der Waals surface area contributed by atoms with Crippen LogP contribution in [-0.4, -0.2) is 6.17 Å². The fourth-order valence-electron chi connectivity index (χ4n) is 0.722. The zero-order valence-corrected chi connectivity index (χ0v) is 6.89. The third-order valence-electron chi connectivity index (χ3n) is 1.11. The quantitative estimate of drug-likeness (QED) is 0.530. The van der Waals surface area contributed by atoms with E-state index in [-0.39, 0.29) is 0 Å². The fraction of sp³-hybridized carbons (Fsp3) is 0.556. The Labute approximate surface area is 62.4 Å². The Balaban J connectivity index is 3.82. The van der Waals surface area contributed by atoms with Gasteiger partial charge >= 0.3 is 0 Å². The molecule has 1 unspecified atom stereocenters. The first kappa shape index (κ1) is 9.41. The molecule has 0 radical (unpaired) electrons. The van der Waals surface area contributed by atoms with Gasteiger partial charge in [-0.1, -0.05) is 24.6 Å². The third-order valence-corrected chi connectivity index (χ3v) is 1.11. The van der Waals surface area contributed by atoms with Crippen LogP contribution < -0.4 is 0 Å². The minimum Gasteiger partial charge on any atom is -0.243 e. The number of alkyl halides is 1. The lowest BCUT2D eigenvalue weighted by atomic mass is 10.2. The number of hydrogen-bond acceptors (Lipinski definition) is 0. The van der Waals surface area contributed by atoms with Gasteiger partial charge in [0, 0.05) is 0 Å². The Bertz CT molecular complexity index is 132. The van der Waals surface area contributed by atoms with Gasteiger partial charge in [-0.2, -0.15) is 0 Å². The zero-order chi connectivity index (χ0) is 7.98. The zero-order valence-electron chi connectivity index (χ0n) is 6.89. The molecule has 0 aliphatic carbocycles. The predicted octanol–water partition coefficient (Wildman–Crippen LogP) is 3.26. The van der Waals surface area contributed by atoms with Gasteiger partial charge in [0.05, 0.1) is 0 Å². The van der Waals surface area contributed by atoms with Gasteiger partial charge in [0.25, 0.3) is 0 Å². The van der Waals surface area contributed by atoms with Crippen molar-refractivity contribution in [3.05, 3.63) is 23.8 Å². The average Bonchev–Trinajstić information content (AvgIpc) is 1.82. The van der Waals surface area contributed by atoms with Gasteiger partial charge in [0.2, 0.25) is 0 Å². The van der Waals surface area contributed by atoms with Gasteiger partial charge in [0.15, 0.2) is 0 Å². The van der Waals surface area contributed by atoms with Crippen molar-refractivity contribution < 1.29 is 4.39 Å². The molecule has 10 heavy (non-hydrogen) atoms. The molecule has 0 aliphatic heterocycles. The van der Waals surface area contributed by atoms with Crippen molar-refractivity contribution in [1.29, 1.82) is 0 Å². The highest BCUT2D eigenvalue weighted by molar-refractivity contribution is 5.16. The Morgan fingerprint density at radius 3 is 2.60 bits per heavy atom. The van der Waals surface area contributed by atoms with Crippen LogP contribution in [0.15, 0.2) is 23.8 Å². The molecule has 0 aliphatic rings. The maximum atomic E-state index is 12.3. The summed E-state index contributed by atoms with van der Waals surface area (Å²) in [5, 5.41) is 0. The maximum absolute atomic E-state index is 12.3. The molecule has 0 fully saturated rings. The van der Waals surface area contributed by atoms with Crippen molar-refractivity contribution in [3.63, 3.8) is 0 Å². The summed E-state index contributed by atoms with van der Waals surface area (Å²) in [5.41, 5.74) is 0.997. The summed E-state index contributed by atoms with van der Waals surface area (Å²) < 4.78 is 12.3. The van der Waals surface area contributed by atoms with E-state index >= 15 is 0 Å². The summed E-state index contributed by atoms with van der Waals surface area (Å²) >= 11 is 0. The van der Waals surface area contributed by atoms with Crippen LogP contribution in [0.5, 0.6) is 0 Å². The molecule has 0 saturated carbocycles. The molecule has 0 rings (SSSR count). The summed E-state index contributed by atoms with van der Waals surface area (Å²) in [4.78, 5) is 0. The average molecular weight is 142 g/mol. The van der Waals surface area contributed by atoms with E-state index in [0.29, 0.717) is 0 Å². The molecule has 0 spiro atoms. The van der Waals surface area contributed by atoms with Crippen LogP contribution in [-0.2, 0) is 0 Å². The minimum absolute atomic E-state index is 0.832. The van der Waals surface area contributed by atoms with Gasteiger partial charge < -0.3 is 0 Å². The van der Waals surface area contributed by atoms with Crippen LogP contribution in [0.25, 0.3) is 0 Å². The van der Waals surface area contributed by atoms with E-state index in [1.54, 1.807) is 6.08 Å². The van der Waals surface area contributed by atoms with E-state index < -0.39 is 6.17 Å². The summed E-state index contributed by atoms with van der Waals surface area (Å²) in [5.74, 6) is 0. The first-order chi connectivity index (χ1) is 4.66. The van der Waals surface area contributed by atoms with Crippen molar-refractivity contribution in [1.82, 2.24) is 0 Å². The van der Waals surface area contributed by atoms with Crippen LogP contribution in [0, 0.1) is 0 Å². The lowest BCUT2D eigenvalue weighted by Gasteiger charge is -1.92. The monoisotopic (exact) mass is 142 g/mol. The smallest absolute Gasteiger partial charge is 0.116 e. The summed E-state index contributed by atoms with van der Waals surface area (Å²) in [6, 6.07) is 0. The van der Waals surface area contributed by atoms with Crippen LogP contribution in [0.3, 0.4) is 0 Å². The second kappa shape index (κ2) is 5.21. The molecule has 1 atom stereocenters. The number of halogens is 1. The van der Waals surface area contributed by atoms with Crippen LogP contribution in [0.2, 0.25) is 0 Å². The van der Waals surface area contributed by atoms with Crippen molar-refractivity contribution in [3.8, 4) is 0 Å². The van der Waals surface area contributed by atoms with Crippen LogP contribution in [0.1, 0.15) is 27.2 Å². The van der Waals surface area contributed by atoms with E-state index in [0.717, 1.165) is 12.0 Å². The second-order valence-corrected chi connectivity index (χ2v) is 2.40. The van der Waals surface area contributed by atoms with E-state index in [4.69, 9.17) is 0 Å². The lowest BCUT2D eigenvalue weighted by Crippen LogP contribution is -1.84. The van der Waals surface area contributed by atoms with E-state index in [9.17, 15) is 4.39 Å². The highest BCUT2D eigenvalue weighted by Gasteiger charge is 1.89. The highest BCUT2D eigenvalue weighted by atomic mass is 19.1. The topological polar surface area (TPSA) is 0 Å². The van der Waals surface area contributed by atoms with E-state index in [2.05, 4.69) is 6.92 Å². The van der Waals surface area contributed by atoms with Crippen molar-refractivity contribution in [2.24, 2.45) is 0 Å². The molecule has 0 aromatic heterocycles. The lowest BCUT2D eigenvalue weighted by molar-refractivity contribution is 0.429. The minimum atomic E-state index is -0.832. The van der Waals surface area contributed by atoms with Gasteiger partial charge in [0.1, 0.15) is 6.17 Å². The number of allylic oxidation sites excluding steroid dienone is 4. The molecular formula is C9H15F. The molecular weight excluding hydrogens is 127 g/mol. The molecule has 58 valence electrons. The molecule has 0 saturated heterocycles. The molecule has 1 heteroatoms. The Hall–Kier alpha value is -0.590. The Morgan fingerprint density at radius 1 is 1.60 bits per heavy atom. The molecule has 0 amide bonds. The van der Waals surface area contributed by atoms with Crippen LogP contribution in [0.4, 0.5) is 4.39 Å². The summed E-state index contributed by atoms with van der Waals surface area (Å²) in [6.07, 6.45) is 5.74. The molecule has 0 nitrogen and oxygen atoms in total. The molecule has 0 bridgehead atoms. The predicted molar refractivity (Wildman–Crippen MR) is 43.8 cm³/mol. The van der Waals surface area contributed by atoms with Gasteiger partial charge in [-0.25, -0.2) is 4.39 Å².